The molecule has 0 aromatic carbocycles. The van der Waals surface area contributed by atoms with Gasteiger partial charge >= 0.3 is 5.97 Å². The summed E-state index contributed by atoms with van der Waals surface area (Å²) in [7, 11) is 0. The number of carboxylic acid groups (broad SMARTS) is 1. The van der Waals surface area contributed by atoms with Crippen molar-refractivity contribution in [3.05, 3.63) is 20.8 Å². The Kier molecular flexibility index (Phi) is 5.28. The number of hydrogen-bond donors (Lipinski definition) is 2. The second-order valence-electron chi connectivity index (χ2n) is 3.40. The first-order valence-corrected chi connectivity index (χ1v) is 6.46. The first-order valence-electron chi connectivity index (χ1n) is 4.79. The van der Waals surface area contributed by atoms with Crippen LogP contribution in [-0.4, -0.2) is 17.6 Å². The van der Waals surface area contributed by atoms with Gasteiger partial charge in [0.15, 0.2) is 0 Å². The molecule has 15 heavy (non-hydrogen) atoms. The highest BCUT2D eigenvalue weighted by Gasteiger charge is 2.18. The van der Waals surface area contributed by atoms with E-state index in [4.69, 9.17) is 10.8 Å². The van der Waals surface area contributed by atoms with Crippen LogP contribution in [0, 0.1) is 5.92 Å². The third-order valence-electron chi connectivity index (χ3n) is 2.18. The Morgan fingerprint density at radius 2 is 2.40 bits per heavy atom. The smallest absolute Gasteiger partial charge is 0.306 e. The van der Waals surface area contributed by atoms with Crippen molar-refractivity contribution in [3.63, 3.8) is 0 Å². The number of aliphatic carboxylic acids is 1. The maximum absolute atomic E-state index is 11.0. The number of carboxylic acids is 1. The molecule has 5 heteroatoms. The first-order chi connectivity index (χ1) is 7.13. The van der Waals surface area contributed by atoms with Crippen molar-refractivity contribution >= 4 is 33.2 Å². The summed E-state index contributed by atoms with van der Waals surface area (Å²) in [6.45, 7) is 0.553. The number of rotatable bonds is 6. The van der Waals surface area contributed by atoms with Crippen LogP contribution < -0.4 is 5.73 Å². The van der Waals surface area contributed by atoms with Gasteiger partial charge in [-0.1, -0.05) is 0 Å². The van der Waals surface area contributed by atoms with Gasteiger partial charge in [-0.15, -0.1) is 11.3 Å². The van der Waals surface area contributed by atoms with E-state index in [1.54, 1.807) is 11.3 Å². The zero-order valence-electron chi connectivity index (χ0n) is 8.28. The summed E-state index contributed by atoms with van der Waals surface area (Å²) in [5.41, 5.74) is 5.38. The second kappa shape index (κ2) is 6.25. The van der Waals surface area contributed by atoms with Gasteiger partial charge in [0.05, 0.1) is 5.92 Å². The van der Waals surface area contributed by atoms with Gasteiger partial charge in [-0.3, -0.25) is 4.79 Å². The number of carbonyl (C=O) groups is 1. The van der Waals surface area contributed by atoms with Gasteiger partial charge in [0.1, 0.15) is 0 Å². The molecule has 0 aliphatic heterocycles. The molecule has 0 aliphatic rings. The molecule has 1 unspecified atom stereocenters. The standard InChI is InChI=1S/C10H14BrNO2S/c11-8-5-9(15-6-8)4-7(10(13)14)2-1-3-12/h5-7H,1-4,12H2,(H,13,14). The van der Waals surface area contributed by atoms with Gasteiger partial charge < -0.3 is 10.8 Å². The van der Waals surface area contributed by atoms with Crippen LogP contribution in [0.5, 0.6) is 0 Å². The molecule has 1 heterocycles. The van der Waals surface area contributed by atoms with Crippen molar-refractivity contribution in [2.75, 3.05) is 6.54 Å². The molecule has 1 aromatic rings. The highest BCUT2D eigenvalue weighted by Crippen LogP contribution is 2.24. The van der Waals surface area contributed by atoms with Gasteiger partial charge in [-0.25, -0.2) is 0 Å². The van der Waals surface area contributed by atoms with Crippen molar-refractivity contribution in [2.45, 2.75) is 19.3 Å². The van der Waals surface area contributed by atoms with E-state index in [2.05, 4.69) is 15.9 Å². The maximum Gasteiger partial charge on any atom is 0.306 e. The van der Waals surface area contributed by atoms with Gasteiger partial charge in [0, 0.05) is 14.7 Å². The highest BCUT2D eigenvalue weighted by atomic mass is 79.9. The quantitative estimate of drug-likeness (QED) is 0.846. The van der Waals surface area contributed by atoms with E-state index >= 15 is 0 Å². The molecule has 1 atom stereocenters. The number of nitrogens with two attached hydrogens (primary N) is 1. The van der Waals surface area contributed by atoms with Gasteiger partial charge in [-0.2, -0.15) is 0 Å². The predicted octanol–water partition coefficient (Wildman–Crippen LogP) is 2.49. The molecule has 0 fully saturated rings. The van der Waals surface area contributed by atoms with Crippen LogP contribution >= 0.6 is 27.3 Å². The lowest BCUT2D eigenvalue weighted by molar-refractivity contribution is -0.141. The van der Waals surface area contributed by atoms with E-state index in [0.29, 0.717) is 19.4 Å². The van der Waals surface area contributed by atoms with Gasteiger partial charge in [-0.05, 0) is 47.8 Å². The SMILES string of the molecule is NCCCC(Cc1cc(Br)cs1)C(=O)O. The Hall–Kier alpha value is -0.390. The summed E-state index contributed by atoms with van der Waals surface area (Å²) >= 11 is 4.94. The lowest BCUT2D eigenvalue weighted by atomic mass is 9.99. The Labute approximate surface area is 101 Å². The summed E-state index contributed by atoms with van der Waals surface area (Å²) in [6, 6.07) is 1.98. The van der Waals surface area contributed by atoms with Crippen LogP contribution in [-0.2, 0) is 11.2 Å². The number of thiophene rings is 1. The van der Waals surface area contributed by atoms with Crippen molar-refractivity contribution in [3.8, 4) is 0 Å². The Morgan fingerprint density at radius 1 is 1.67 bits per heavy atom. The Balaban J connectivity index is 2.54. The number of hydrogen-bond acceptors (Lipinski definition) is 3. The van der Waals surface area contributed by atoms with E-state index < -0.39 is 5.97 Å². The fraction of sp³-hybridized carbons (Fsp3) is 0.500. The second-order valence-corrected chi connectivity index (χ2v) is 5.31. The van der Waals surface area contributed by atoms with E-state index in [1.165, 1.54) is 0 Å². The molecule has 0 aliphatic carbocycles. The van der Waals surface area contributed by atoms with Crippen LogP contribution in [0.1, 0.15) is 17.7 Å². The van der Waals surface area contributed by atoms with Crippen LogP contribution in [0.4, 0.5) is 0 Å². The topological polar surface area (TPSA) is 63.3 Å². The van der Waals surface area contributed by atoms with Crippen LogP contribution in [0.3, 0.4) is 0 Å². The molecule has 1 aromatic heterocycles. The molecular weight excluding hydrogens is 278 g/mol. The average molecular weight is 292 g/mol. The third kappa shape index (κ3) is 4.32. The molecule has 84 valence electrons. The summed E-state index contributed by atoms with van der Waals surface area (Å²) in [5.74, 6) is -1.04. The van der Waals surface area contributed by atoms with E-state index in [1.807, 2.05) is 11.4 Å². The molecule has 0 amide bonds. The fourth-order valence-electron chi connectivity index (χ4n) is 1.38. The largest absolute Gasteiger partial charge is 0.481 e. The molecular formula is C10H14BrNO2S. The third-order valence-corrected chi connectivity index (χ3v) is 3.90. The highest BCUT2D eigenvalue weighted by molar-refractivity contribution is 9.10. The van der Waals surface area contributed by atoms with Crippen molar-refractivity contribution < 1.29 is 9.90 Å². The van der Waals surface area contributed by atoms with E-state index in [0.717, 1.165) is 15.8 Å². The van der Waals surface area contributed by atoms with Gasteiger partial charge in [0.25, 0.3) is 0 Å². The summed E-state index contributed by atoms with van der Waals surface area (Å²) in [5, 5.41) is 11.0. The minimum Gasteiger partial charge on any atom is -0.481 e. The molecule has 0 saturated heterocycles. The minimum atomic E-state index is -0.729. The average Bonchev–Trinajstić information content (AvgIpc) is 2.58. The monoisotopic (exact) mass is 291 g/mol. The normalized spacial score (nSPS) is 12.7. The molecule has 0 radical (unpaired) electrons. The summed E-state index contributed by atoms with van der Waals surface area (Å²) < 4.78 is 1.02. The van der Waals surface area contributed by atoms with Gasteiger partial charge in [0.2, 0.25) is 0 Å². The zero-order chi connectivity index (χ0) is 11.3. The Morgan fingerprint density at radius 3 is 2.87 bits per heavy atom. The lowest BCUT2D eigenvalue weighted by Crippen LogP contribution is -2.17. The molecule has 1 rings (SSSR count). The zero-order valence-corrected chi connectivity index (χ0v) is 10.7. The van der Waals surface area contributed by atoms with Crippen LogP contribution in [0.15, 0.2) is 15.9 Å². The molecule has 3 N–H and O–H groups in total. The summed E-state index contributed by atoms with van der Waals surface area (Å²) in [4.78, 5) is 12.1. The number of halogens is 1. The van der Waals surface area contributed by atoms with E-state index in [9.17, 15) is 4.79 Å². The maximum atomic E-state index is 11.0. The molecule has 0 spiro atoms. The minimum absolute atomic E-state index is 0.306. The van der Waals surface area contributed by atoms with Crippen molar-refractivity contribution in [2.24, 2.45) is 11.7 Å². The molecule has 3 nitrogen and oxygen atoms in total. The van der Waals surface area contributed by atoms with Crippen LogP contribution in [0.25, 0.3) is 0 Å². The lowest BCUT2D eigenvalue weighted by Gasteiger charge is -2.09. The van der Waals surface area contributed by atoms with E-state index in [-0.39, 0.29) is 5.92 Å². The fourth-order valence-corrected chi connectivity index (χ4v) is 2.91. The summed E-state index contributed by atoms with van der Waals surface area (Å²) in [6.07, 6.45) is 2.02. The Bertz CT molecular complexity index is 327. The van der Waals surface area contributed by atoms with Crippen LogP contribution in [0.2, 0.25) is 0 Å². The first kappa shape index (κ1) is 12.7. The molecule has 0 bridgehead atoms. The predicted molar refractivity (Wildman–Crippen MR) is 65.1 cm³/mol. The van der Waals surface area contributed by atoms with Crippen molar-refractivity contribution in [1.29, 1.82) is 0 Å². The molecule has 0 saturated carbocycles. The van der Waals surface area contributed by atoms with Crippen molar-refractivity contribution in [1.82, 2.24) is 0 Å².